The first kappa shape index (κ1) is 16.8. The van der Waals surface area contributed by atoms with Gasteiger partial charge in [0.1, 0.15) is 11.3 Å². The Kier molecular flexibility index (Phi) is 4.28. The first-order chi connectivity index (χ1) is 12.6. The Balaban J connectivity index is 1.62. The molecule has 1 saturated carbocycles. The van der Waals surface area contributed by atoms with E-state index in [1.165, 1.54) is 0 Å². The summed E-state index contributed by atoms with van der Waals surface area (Å²) in [5.74, 6) is 0.701. The van der Waals surface area contributed by atoms with E-state index in [-0.39, 0.29) is 18.4 Å². The summed E-state index contributed by atoms with van der Waals surface area (Å²) in [4.78, 5) is 29.9. The highest BCUT2D eigenvalue weighted by molar-refractivity contribution is 6.15. The van der Waals surface area contributed by atoms with Crippen molar-refractivity contribution in [3.05, 3.63) is 48.4 Å². The predicted molar refractivity (Wildman–Crippen MR) is 98.8 cm³/mol. The average molecular weight is 353 g/mol. The number of rotatable bonds is 4. The highest BCUT2D eigenvalue weighted by Crippen LogP contribution is 2.45. The molecule has 1 N–H and O–H groups in total. The summed E-state index contributed by atoms with van der Waals surface area (Å²) in [5.41, 5.74) is 0.749. The molecular weight excluding hydrogens is 330 g/mol. The Morgan fingerprint density at radius 1 is 1.23 bits per heavy atom. The highest BCUT2D eigenvalue weighted by atomic mass is 16.3. The molecule has 1 spiro atoms. The van der Waals surface area contributed by atoms with Crippen LogP contribution in [0, 0.1) is 0 Å². The fraction of sp³-hybridized carbons (Fsp3) is 0.400. The van der Waals surface area contributed by atoms with Gasteiger partial charge in [0.15, 0.2) is 0 Å². The number of amides is 2. The lowest BCUT2D eigenvalue weighted by molar-refractivity contribution is -0.128. The van der Waals surface area contributed by atoms with Crippen LogP contribution in [0.25, 0.3) is 0 Å². The van der Waals surface area contributed by atoms with Crippen molar-refractivity contribution in [2.24, 2.45) is 0 Å². The molecule has 1 fully saturated rings. The molecular formula is C20H23N3O3. The first-order valence-corrected chi connectivity index (χ1v) is 9.05. The molecule has 0 radical (unpaired) electrons. The topological polar surface area (TPSA) is 65.8 Å². The van der Waals surface area contributed by atoms with Gasteiger partial charge in [-0.15, -0.1) is 0 Å². The zero-order valence-electron chi connectivity index (χ0n) is 14.9. The van der Waals surface area contributed by atoms with Crippen molar-refractivity contribution in [2.75, 3.05) is 23.8 Å². The minimum Gasteiger partial charge on any atom is -0.468 e. The van der Waals surface area contributed by atoms with E-state index >= 15 is 0 Å². The van der Waals surface area contributed by atoms with Gasteiger partial charge >= 0.3 is 0 Å². The molecule has 4 rings (SSSR count). The SMILES string of the molecule is CN(CC(=O)N1c2ccccc2NC(=O)C12CCCC2)Cc1ccco1. The van der Waals surface area contributed by atoms with E-state index in [0.29, 0.717) is 25.1 Å². The van der Waals surface area contributed by atoms with E-state index in [4.69, 9.17) is 4.42 Å². The minimum atomic E-state index is -0.753. The van der Waals surface area contributed by atoms with Gasteiger partial charge in [-0.2, -0.15) is 0 Å². The number of fused-ring (bicyclic) bond motifs is 1. The Morgan fingerprint density at radius 2 is 2.00 bits per heavy atom. The minimum absolute atomic E-state index is 0.0525. The van der Waals surface area contributed by atoms with Gasteiger partial charge in [0.2, 0.25) is 5.91 Å². The van der Waals surface area contributed by atoms with E-state index in [2.05, 4.69) is 5.32 Å². The van der Waals surface area contributed by atoms with Crippen LogP contribution in [0.1, 0.15) is 31.4 Å². The molecule has 0 atom stereocenters. The Hall–Kier alpha value is -2.60. The molecule has 0 unspecified atom stereocenters. The van der Waals surface area contributed by atoms with Gasteiger partial charge in [-0.25, -0.2) is 0 Å². The molecule has 1 aromatic carbocycles. The zero-order valence-corrected chi connectivity index (χ0v) is 14.9. The van der Waals surface area contributed by atoms with Crippen molar-refractivity contribution in [3.8, 4) is 0 Å². The maximum atomic E-state index is 13.3. The lowest BCUT2D eigenvalue weighted by Gasteiger charge is -2.44. The number of nitrogens with one attached hydrogen (secondary N) is 1. The van der Waals surface area contributed by atoms with Crippen LogP contribution >= 0.6 is 0 Å². The number of carbonyl (C=O) groups is 2. The molecule has 0 bridgehead atoms. The zero-order chi connectivity index (χ0) is 18.1. The van der Waals surface area contributed by atoms with Crippen LogP contribution in [-0.4, -0.2) is 35.8 Å². The van der Waals surface area contributed by atoms with E-state index < -0.39 is 5.54 Å². The maximum Gasteiger partial charge on any atom is 0.250 e. The lowest BCUT2D eigenvalue weighted by atomic mass is 9.89. The van der Waals surface area contributed by atoms with Gasteiger partial charge in [-0.05, 0) is 44.2 Å². The molecule has 6 nitrogen and oxygen atoms in total. The monoisotopic (exact) mass is 353 g/mol. The molecule has 2 amide bonds. The number of furan rings is 1. The average Bonchev–Trinajstić information content (AvgIpc) is 3.28. The van der Waals surface area contributed by atoms with Gasteiger partial charge in [0, 0.05) is 0 Å². The third-order valence-electron chi connectivity index (χ3n) is 5.33. The molecule has 2 heterocycles. The number of para-hydroxylation sites is 2. The lowest BCUT2D eigenvalue weighted by Crippen LogP contribution is -2.62. The Bertz CT molecular complexity index is 809. The van der Waals surface area contributed by atoms with Crippen LogP contribution in [0.5, 0.6) is 0 Å². The van der Waals surface area contributed by atoms with Gasteiger partial charge in [0.05, 0.1) is 30.7 Å². The van der Waals surface area contributed by atoms with Crippen molar-refractivity contribution in [1.29, 1.82) is 0 Å². The molecule has 6 heteroatoms. The van der Waals surface area contributed by atoms with E-state index in [1.54, 1.807) is 11.2 Å². The van der Waals surface area contributed by atoms with Crippen molar-refractivity contribution in [1.82, 2.24) is 4.90 Å². The van der Waals surface area contributed by atoms with Crippen molar-refractivity contribution >= 4 is 23.2 Å². The van der Waals surface area contributed by atoms with Crippen LogP contribution in [0.2, 0.25) is 0 Å². The number of likely N-dealkylation sites (N-methyl/N-ethyl adjacent to an activating group) is 1. The number of anilines is 2. The number of hydrogen-bond donors (Lipinski definition) is 1. The van der Waals surface area contributed by atoms with Crippen molar-refractivity contribution in [3.63, 3.8) is 0 Å². The van der Waals surface area contributed by atoms with Crippen LogP contribution in [0.3, 0.4) is 0 Å². The van der Waals surface area contributed by atoms with Crippen LogP contribution in [0.15, 0.2) is 47.1 Å². The summed E-state index contributed by atoms with van der Waals surface area (Å²) in [6.45, 7) is 0.775. The number of carbonyl (C=O) groups excluding carboxylic acids is 2. The summed E-state index contributed by atoms with van der Waals surface area (Å²) in [5, 5.41) is 3.01. The third kappa shape index (κ3) is 2.80. The molecule has 2 aromatic rings. The Morgan fingerprint density at radius 3 is 2.73 bits per heavy atom. The largest absolute Gasteiger partial charge is 0.468 e. The predicted octanol–water partition coefficient (Wildman–Crippen LogP) is 3.01. The van der Waals surface area contributed by atoms with Crippen LogP contribution < -0.4 is 10.2 Å². The van der Waals surface area contributed by atoms with E-state index in [0.717, 1.165) is 24.3 Å². The molecule has 26 heavy (non-hydrogen) atoms. The van der Waals surface area contributed by atoms with Gasteiger partial charge in [-0.3, -0.25) is 19.4 Å². The molecule has 2 aliphatic rings. The van der Waals surface area contributed by atoms with Crippen molar-refractivity contribution in [2.45, 2.75) is 37.8 Å². The van der Waals surface area contributed by atoms with Crippen LogP contribution in [-0.2, 0) is 16.1 Å². The van der Waals surface area contributed by atoms with E-state index in [9.17, 15) is 9.59 Å². The molecule has 1 aliphatic carbocycles. The molecule has 136 valence electrons. The van der Waals surface area contributed by atoms with E-state index in [1.807, 2.05) is 48.3 Å². The second-order valence-electron chi connectivity index (χ2n) is 7.19. The highest BCUT2D eigenvalue weighted by Gasteiger charge is 2.52. The molecule has 1 aromatic heterocycles. The molecule has 0 saturated heterocycles. The fourth-order valence-electron chi connectivity index (χ4n) is 4.15. The van der Waals surface area contributed by atoms with Gasteiger partial charge in [-0.1, -0.05) is 25.0 Å². The van der Waals surface area contributed by atoms with Crippen molar-refractivity contribution < 1.29 is 14.0 Å². The maximum absolute atomic E-state index is 13.3. The third-order valence-corrected chi connectivity index (χ3v) is 5.33. The summed E-state index contributed by atoms with van der Waals surface area (Å²) in [6.07, 6.45) is 4.97. The standard InChI is InChI=1S/C20H23N3O3/c1-22(13-15-7-6-12-26-15)14-18(24)23-17-9-3-2-8-16(17)21-19(25)20(23)10-4-5-11-20/h2-3,6-9,12H,4-5,10-11,13-14H2,1H3,(H,21,25). The van der Waals surface area contributed by atoms with Gasteiger partial charge < -0.3 is 9.73 Å². The number of benzene rings is 1. The second-order valence-corrected chi connectivity index (χ2v) is 7.19. The molecule has 1 aliphatic heterocycles. The normalized spacial score (nSPS) is 18.2. The second kappa shape index (κ2) is 6.61. The fourth-order valence-corrected chi connectivity index (χ4v) is 4.15. The summed E-state index contributed by atoms with van der Waals surface area (Å²) >= 11 is 0. The smallest absolute Gasteiger partial charge is 0.250 e. The van der Waals surface area contributed by atoms with Crippen LogP contribution in [0.4, 0.5) is 11.4 Å². The summed E-state index contributed by atoms with van der Waals surface area (Å²) in [7, 11) is 1.89. The summed E-state index contributed by atoms with van der Waals surface area (Å²) < 4.78 is 5.37. The number of nitrogens with zero attached hydrogens (tertiary/aromatic N) is 2. The summed E-state index contributed by atoms with van der Waals surface area (Å²) in [6, 6.07) is 11.3. The van der Waals surface area contributed by atoms with Gasteiger partial charge in [0.25, 0.3) is 5.91 Å². The number of hydrogen-bond acceptors (Lipinski definition) is 4. The Labute approximate surface area is 152 Å². The first-order valence-electron chi connectivity index (χ1n) is 9.05. The quantitative estimate of drug-likeness (QED) is 0.918.